The first-order chi connectivity index (χ1) is 24.3. The molecule has 3 nitrogen and oxygen atoms in total. The van der Waals surface area contributed by atoms with Crippen molar-refractivity contribution in [1.82, 2.24) is 4.57 Å². The largest absolute Gasteiger partial charge is 0.336 e. The van der Waals surface area contributed by atoms with Crippen LogP contribution in [0.15, 0.2) is 140 Å². The smallest absolute Gasteiger partial charge is 0.213 e. The summed E-state index contributed by atoms with van der Waals surface area (Å²) in [6.45, 7) is 13.8. The number of nitrogens with zero attached hydrogens (tertiary/aromatic N) is 3. The summed E-state index contributed by atoms with van der Waals surface area (Å²) in [7, 11) is 0. The van der Waals surface area contributed by atoms with Crippen LogP contribution in [0.3, 0.4) is 0 Å². The molecule has 3 unspecified atom stereocenters. The van der Waals surface area contributed by atoms with Crippen LogP contribution in [0.1, 0.15) is 67.1 Å². The summed E-state index contributed by atoms with van der Waals surface area (Å²) < 4.78 is 7.72. The summed E-state index contributed by atoms with van der Waals surface area (Å²) in [4.78, 5) is 0. The zero-order valence-corrected chi connectivity index (χ0v) is 29.1. The van der Waals surface area contributed by atoms with E-state index in [9.17, 15) is 0 Å². The van der Waals surface area contributed by atoms with Crippen molar-refractivity contribution in [2.24, 2.45) is 5.41 Å². The lowest BCUT2D eigenvalue weighted by Crippen LogP contribution is -2.52. The fraction of sp³-hybridized carbons (Fsp3) is 0.191. The highest BCUT2D eigenvalue weighted by molar-refractivity contribution is 6.12. The van der Waals surface area contributed by atoms with Crippen molar-refractivity contribution in [3.63, 3.8) is 0 Å². The Hall–Kier alpha value is -5.54. The first-order valence-corrected chi connectivity index (χ1v) is 18.0. The van der Waals surface area contributed by atoms with E-state index in [2.05, 4.69) is 188 Å². The average molecular weight is 648 g/mol. The molecule has 0 N–H and O–H groups in total. The van der Waals surface area contributed by atoms with Gasteiger partial charge in [0.05, 0.1) is 16.6 Å². The van der Waals surface area contributed by atoms with E-state index < -0.39 is 0 Å². The number of aryl methyl sites for hydroxylation is 1. The number of allylic oxidation sites excluding steroid dienone is 2. The number of benzene rings is 4. The molecular formula is C47H41N3+2. The molecular weight excluding hydrogens is 607 g/mol. The maximum absolute atomic E-state index is 4.50. The Labute approximate surface area is 294 Å². The van der Waals surface area contributed by atoms with Crippen molar-refractivity contribution in [3.8, 4) is 33.6 Å². The van der Waals surface area contributed by atoms with Gasteiger partial charge >= 0.3 is 0 Å². The summed E-state index contributed by atoms with van der Waals surface area (Å²) in [5, 5.41) is 2.66. The van der Waals surface area contributed by atoms with Gasteiger partial charge in [-0.2, -0.15) is 9.13 Å². The van der Waals surface area contributed by atoms with Gasteiger partial charge in [-0.15, -0.1) is 0 Å². The molecule has 0 saturated carbocycles. The topological polar surface area (TPSA) is 12.7 Å². The standard InChI is InChI=1S/C47H41N3/c1-6-40-44(35-17-11-10-16-34(35)41-21-19-29(2)27-48(40)41)46-39-26-43-37(36-18-12-15-32-23-24-47(4,5)30(3)50(43)45(32)36)25-38(39)42-22-20-33(28-49(42)46)31-13-8-7-9-14-31/h6-28,30,40,44,46H,1H2,2-5H3/q+2/t30-,40?,44?,46?/m1/s1. The first kappa shape index (κ1) is 29.4. The molecule has 50 heavy (non-hydrogen) atoms. The predicted octanol–water partition coefficient (Wildman–Crippen LogP) is 10.7. The van der Waals surface area contributed by atoms with Crippen LogP contribution in [-0.2, 0) is 0 Å². The Kier molecular flexibility index (Phi) is 6.16. The Bertz CT molecular complexity index is 2580. The normalized spacial score (nSPS) is 21.0. The molecule has 3 heteroatoms. The Balaban J connectivity index is 1.30. The minimum absolute atomic E-state index is 0.00688. The van der Waals surface area contributed by atoms with Gasteiger partial charge in [0.15, 0.2) is 24.5 Å². The minimum atomic E-state index is -0.00688. The summed E-state index contributed by atoms with van der Waals surface area (Å²) in [5.41, 5.74) is 15.6. The number of para-hydroxylation sites is 1. The molecule has 0 saturated heterocycles. The molecule has 4 atom stereocenters. The van der Waals surface area contributed by atoms with Crippen LogP contribution >= 0.6 is 0 Å². The van der Waals surface area contributed by atoms with Gasteiger partial charge in [-0.3, -0.25) is 0 Å². The Morgan fingerprint density at radius 1 is 0.720 bits per heavy atom. The highest BCUT2D eigenvalue weighted by Gasteiger charge is 2.52. The quantitative estimate of drug-likeness (QED) is 0.134. The summed E-state index contributed by atoms with van der Waals surface area (Å²) in [5.74, 6) is 0.121. The number of hydrogen-bond donors (Lipinski definition) is 0. The van der Waals surface area contributed by atoms with Gasteiger partial charge in [0.2, 0.25) is 11.4 Å². The van der Waals surface area contributed by atoms with Crippen molar-refractivity contribution in [1.29, 1.82) is 0 Å². The summed E-state index contributed by atoms with van der Waals surface area (Å²) in [6, 6.07) is 41.3. The molecule has 6 heterocycles. The van der Waals surface area contributed by atoms with Gasteiger partial charge in [0, 0.05) is 56.6 Å². The predicted molar refractivity (Wildman–Crippen MR) is 205 cm³/mol. The lowest BCUT2D eigenvalue weighted by atomic mass is 9.76. The van der Waals surface area contributed by atoms with Crippen LogP contribution in [0.25, 0.3) is 61.5 Å². The third-order valence-corrected chi connectivity index (χ3v) is 12.2. The number of hydrogen-bond acceptors (Lipinski definition) is 0. The monoisotopic (exact) mass is 647 g/mol. The first-order valence-electron chi connectivity index (χ1n) is 18.0. The second kappa shape index (κ2) is 10.5. The van der Waals surface area contributed by atoms with Gasteiger partial charge in [-0.1, -0.05) is 99.3 Å². The van der Waals surface area contributed by atoms with Crippen molar-refractivity contribution in [2.75, 3.05) is 0 Å². The molecule has 242 valence electrons. The fourth-order valence-corrected chi connectivity index (χ4v) is 9.36. The maximum atomic E-state index is 4.50. The minimum Gasteiger partial charge on any atom is -0.336 e. The van der Waals surface area contributed by atoms with Crippen LogP contribution in [0.5, 0.6) is 0 Å². The van der Waals surface area contributed by atoms with Crippen LogP contribution in [0.2, 0.25) is 0 Å². The molecule has 0 radical (unpaired) electrons. The second-order valence-corrected chi connectivity index (χ2v) is 15.3. The molecule has 0 spiro atoms. The summed E-state index contributed by atoms with van der Waals surface area (Å²) >= 11 is 0. The van der Waals surface area contributed by atoms with Crippen molar-refractivity contribution >= 4 is 27.9 Å². The van der Waals surface area contributed by atoms with Gasteiger partial charge in [-0.25, -0.2) is 0 Å². The van der Waals surface area contributed by atoms with Crippen LogP contribution in [0.4, 0.5) is 0 Å². The number of aromatic nitrogens is 3. The molecule has 7 aromatic rings. The highest BCUT2D eigenvalue weighted by atomic mass is 15.1. The van der Waals surface area contributed by atoms with E-state index in [0.29, 0.717) is 0 Å². The van der Waals surface area contributed by atoms with E-state index >= 15 is 0 Å². The number of fused-ring (bicyclic) bond motifs is 9. The zero-order chi connectivity index (χ0) is 33.9. The van der Waals surface area contributed by atoms with Crippen molar-refractivity contribution in [3.05, 3.63) is 163 Å². The SMILES string of the molecule is C=CC1C(C2c3cc4c(cc3-c3ccc(-c5ccccc5)c[n+]32)c2cccc3c2n4[C@H](C)C(C)(C)C=C3)c2ccccc2-c2ccc(C)c[n+]21. The maximum Gasteiger partial charge on any atom is 0.213 e. The van der Waals surface area contributed by atoms with Crippen molar-refractivity contribution < 1.29 is 9.13 Å². The van der Waals surface area contributed by atoms with Gasteiger partial charge in [-0.05, 0) is 66.9 Å². The molecule has 3 aromatic heterocycles. The van der Waals surface area contributed by atoms with Gasteiger partial charge in [0.25, 0.3) is 0 Å². The van der Waals surface area contributed by atoms with Crippen LogP contribution in [-0.4, -0.2) is 4.57 Å². The lowest BCUT2D eigenvalue weighted by Gasteiger charge is -2.31. The van der Waals surface area contributed by atoms with E-state index in [-0.39, 0.29) is 29.5 Å². The number of pyridine rings is 2. The second-order valence-electron chi connectivity index (χ2n) is 15.3. The van der Waals surface area contributed by atoms with Gasteiger partial charge < -0.3 is 4.57 Å². The zero-order valence-electron chi connectivity index (χ0n) is 29.1. The molecule has 3 aliphatic heterocycles. The van der Waals surface area contributed by atoms with Gasteiger partial charge in [0.1, 0.15) is 5.92 Å². The lowest BCUT2D eigenvalue weighted by molar-refractivity contribution is -0.739. The summed E-state index contributed by atoms with van der Waals surface area (Å²) in [6.07, 6.45) is 11.7. The molecule has 0 bridgehead atoms. The average Bonchev–Trinajstić information content (AvgIpc) is 3.60. The molecule has 0 amide bonds. The number of rotatable bonds is 3. The van der Waals surface area contributed by atoms with E-state index in [0.717, 1.165) is 0 Å². The molecule has 4 aromatic carbocycles. The molecule has 0 fully saturated rings. The highest BCUT2D eigenvalue weighted by Crippen LogP contribution is 2.52. The van der Waals surface area contributed by atoms with Crippen LogP contribution < -0.4 is 9.13 Å². The molecule has 3 aliphatic rings. The van der Waals surface area contributed by atoms with Crippen LogP contribution in [0, 0.1) is 12.3 Å². The van der Waals surface area contributed by atoms with Crippen molar-refractivity contribution in [2.45, 2.75) is 51.7 Å². The van der Waals surface area contributed by atoms with E-state index in [1.54, 1.807) is 0 Å². The Morgan fingerprint density at radius 2 is 1.50 bits per heavy atom. The third-order valence-electron chi connectivity index (χ3n) is 12.2. The van der Waals surface area contributed by atoms with E-state index in [1.165, 1.54) is 77.7 Å². The molecule has 10 rings (SSSR count). The fourth-order valence-electron chi connectivity index (χ4n) is 9.36. The molecule has 0 aliphatic carbocycles. The van der Waals surface area contributed by atoms with E-state index in [4.69, 9.17) is 0 Å². The van der Waals surface area contributed by atoms with E-state index in [1.807, 2.05) is 0 Å². The Morgan fingerprint density at radius 3 is 2.34 bits per heavy atom. The third kappa shape index (κ3) is 3.98.